The van der Waals surface area contributed by atoms with Crippen LogP contribution in [0.2, 0.25) is 0 Å². The number of alkyl halides is 3. The van der Waals surface area contributed by atoms with Gasteiger partial charge in [-0.1, -0.05) is 37.8 Å². The molecule has 5 rings (SSSR count). The lowest BCUT2D eigenvalue weighted by Crippen LogP contribution is -2.47. The van der Waals surface area contributed by atoms with Gasteiger partial charge in [0.05, 0.1) is 18.6 Å². The van der Waals surface area contributed by atoms with E-state index in [1.54, 1.807) is 37.1 Å². The van der Waals surface area contributed by atoms with Crippen LogP contribution in [-0.2, 0) is 23.1 Å². The highest BCUT2D eigenvalue weighted by Gasteiger charge is 2.51. The molecule has 1 aliphatic heterocycles. The zero-order chi connectivity index (χ0) is 26.0. The van der Waals surface area contributed by atoms with Crippen molar-refractivity contribution in [2.75, 3.05) is 11.4 Å². The van der Waals surface area contributed by atoms with E-state index in [0.717, 1.165) is 36.2 Å². The molecule has 1 aliphatic carbocycles. The molecular weight excluding hydrogens is 503 g/mol. The third-order valence-corrected chi connectivity index (χ3v) is 9.10. The van der Waals surface area contributed by atoms with Gasteiger partial charge in [0.2, 0.25) is 0 Å². The molecule has 1 fully saturated rings. The number of fused-ring (bicyclic) bond motifs is 1. The van der Waals surface area contributed by atoms with Crippen molar-refractivity contribution in [2.45, 2.75) is 63.2 Å². The van der Waals surface area contributed by atoms with Gasteiger partial charge < -0.3 is 9.88 Å². The van der Waals surface area contributed by atoms with Crippen LogP contribution in [0.15, 0.2) is 55.2 Å². The fraction of sp³-hybridized carbons (Fsp3) is 0.462. The fourth-order valence-corrected chi connectivity index (χ4v) is 6.62. The van der Waals surface area contributed by atoms with Crippen molar-refractivity contribution in [3.05, 3.63) is 66.5 Å². The Hall–Kier alpha value is -2.92. The number of hydrogen-bond acceptors (Lipinski definition) is 5. The molecule has 2 aliphatic rings. The largest absolute Gasteiger partial charge is 0.511 e. The lowest BCUT2D eigenvalue weighted by molar-refractivity contribution is -0.0492. The van der Waals surface area contributed by atoms with Crippen molar-refractivity contribution in [1.82, 2.24) is 19.3 Å². The van der Waals surface area contributed by atoms with Crippen LogP contribution in [0.25, 0.3) is 11.1 Å². The average molecular weight is 534 g/mol. The van der Waals surface area contributed by atoms with Crippen LogP contribution in [0.4, 0.5) is 18.9 Å². The summed E-state index contributed by atoms with van der Waals surface area (Å²) in [6.07, 6.45) is 12.5. The summed E-state index contributed by atoms with van der Waals surface area (Å²) in [6.45, 7) is -0.232. The molecule has 2 aromatic heterocycles. The molecule has 3 heterocycles. The maximum atomic E-state index is 13.8. The molecule has 11 heteroatoms. The van der Waals surface area contributed by atoms with Gasteiger partial charge in [-0.3, -0.25) is 4.98 Å². The second-order valence-corrected chi connectivity index (χ2v) is 11.8. The number of aromatic nitrogens is 3. The number of H-pyrrole nitrogens is 1. The van der Waals surface area contributed by atoms with Gasteiger partial charge in [0, 0.05) is 43.4 Å². The normalized spacial score (nSPS) is 19.6. The van der Waals surface area contributed by atoms with Gasteiger partial charge in [0.1, 0.15) is 0 Å². The number of imidazole rings is 1. The zero-order valence-corrected chi connectivity index (χ0v) is 21.2. The topological polar surface area (TPSA) is 82.2 Å². The van der Waals surface area contributed by atoms with Gasteiger partial charge in [-0.15, -0.1) is 0 Å². The number of rotatable bonds is 7. The predicted molar refractivity (Wildman–Crippen MR) is 135 cm³/mol. The Morgan fingerprint density at radius 3 is 2.46 bits per heavy atom. The van der Waals surface area contributed by atoms with E-state index in [4.69, 9.17) is 0 Å². The van der Waals surface area contributed by atoms with Gasteiger partial charge in [0.25, 0.3) is 0 Å². The third kappa shape index (κ3) is 5.38. The molecular formula is C26H30F3N5O2S. The van der Waals surface area contributed by atoms with E-state index in [1.807, 2.05) is 18.2 Å². The molecule has 0 unspecified atom stereocenters. The Balaban J connectivity index is 1.63. The Labute approximate surface area is 214 Å². The van der Waals surface area contributed by atoms with Crippen LogP contribution in [-0.4, -0.2) is 45.8 Å². The summed E-state index contributed by atoms with van der Waals surface area (Å²) in [5, 5.41) is 0. The van der Waals surface area contributed by atoms with E-state index in [9.17, 15) is 21.6 Å². The number of nitrogens with one attached hydrogen (secondary N) is 1. The Morgan fingerprint density at radius 1 is 1.03 bits per heavy atom. The first kappa shape index (κ1) is 25.7. The number of anilines is 1. The van der Waals surface area contributed by atoms with Crippen molar-refractivity contribution in [3.63, 3.8) is 0 Å². The maximum Gasteiger partial charge on any atom is 0.511 e. The third-order valence-electron chi connectivity index (χ3n) is 7.55. The minimum atomic E-state index is -5.55. The molecule has 0 radical (unpaired) electrons. The number of hydrogen-bond donors (Lipinski definition) is 1. The molecule has 198 valence electrons. The standard InChI is InChI=1S/C26H30F3N5O2S/c27-26(28,29)37(35,36)33-16-22(9-8-19-4-1-2-5-19)34(15-21-14-31-18-32-21)25-7-3-6-23(24(25)17-33)20-10-12-30-13-11-20/h3,6-7,10-14,18-19,22H,1-2,4-5,8-9,15-17H2,(H,31,32)/t22-/m0/s1. The predicted octanol–water partition coefficient (Wildman–Crippen LogP) is 5.48. The number of sulfonamides is 1. The monoisotopic (exact) mass is 533 g/mol. The Kier molecular flexibility index (Phi) is 7.26. The van der Waals surface area contributed by atoms with Crippen molar-refractivity contribution in [3.8, 4) is 11.1 Å². The number of pyridine rings is 1. The van der Waals surface area contributed by atoms with Crippen molar-refractivity contribution in [2.24, 2.45) is 5.92 Å². The van der Waals surface area contributed by atoms with Crippen LogP contribution in [0.1, 0.15) is 49.8 Å². The minimum Gasteiger partial charge on any atom is -0.361 e. The van der Waals surface area contributed by atoms with E-state index in [0.29, 0.717) is 34.3 Å². The zero-order valence-electron chi connectivity index (χ0n) is 20.4. The van der Waals surface area contributed by atoms with Crippen LogP contribution in [0, 0.1) is 5.92 Å². The number of nitrogens with zero attached hydrogens (tertiary/aromatic N) is 4. The molecule has 1 saturated carbocycles. The second-order valence-electron chi connectivity index (χ2n) is 9.87. The summed E-state index contributed by atoms with van der Waals surface area (Å²) in [4.78, 5) is 13.3. The lowest BCUT2D eigenvalue weighted by atomic mass is 9.96. The summed E-state index contributed by atoms with van der Waals surface area (Å²) in [5.41, 5.74) is -1.84. The van der Waals surface area contributed by atoms with Crippen LogP contribution in [0.3, 0.4) is 0 Å². The van der Waals surface area contributed by atoms with Crippen molar-refractivity contribution >= 4 is 15.7 Å². The van der Waals surface area contributed by atoms with E-state index < -0.39 is 21.6 Å². The van der Waals surface area contributed by atoms with Crippen LogP contribution < -0.4 is 4.90 Å². The molecule has 1 N–H and O–H groups in total. The second kappa shape index (κ2) is 10.4. The molecule has 3 aromatic rings. The number of halogens is 3. The molecule has 0 bridgehead atoms. The molecule has 1 atom stereocenters. The van der Waals surface area contributed by atoms with E-state index >= 15 is 0 Å². The van der Waals surface area contributed by atoms with Crippen molar-refractivity contribution in [1.29, 1.82) is 0 Å². The lowest BCUT2D eigenvalue weighted by Gasteiger charge is -2.34. The average Bonchev–Trinajstić information content (AvgIpc) is 3.56. The first-order valence-electron chi connectivity index (χ1n) is 12.6. The van der Waals surface area contributed by atoms with Gasteiger partial charge in [-0.2, -0.15) is 17.5 Å². The molecule has 37 heavy (non-hydrogen) atoms. The molecule has 0 saturated heterocycles. The molecule has 0 spiro atoms. The summed E-state index contributed by atoms with van der Waals surface area (Å²) >= 11 is 0. The van der Waals surface area contributed by atoms with Crippen molar-refractivity contribution < 1.29 is 21.6 Å². The van der Waals surface area contributed by atoms with Gasteiger partial charge >= 0.3 is 15.5 Å². The first-order chi connectivity index (χ1) is 17.7. The van der Waals surface area contributed by atoms with Gasteiger partial charge in [0.15, 0.2) is 0 Å². The summed E-state index contributed by atoms with van der Waals surface area (Å²) in [5.74, 6) is 0.521. The van der Waals surface area contributed by atoms with E-state index in [2.05, 4.69) is 19.9 Å². The number of aromatic amines is 1. The maximum absolute atomic E-state index is 13.8. The SMILES string of the molecule is O=S(=O)(N1Cc2c(-c3ccncc3)cccc2N(Cc2cnc[nH]2)[C@@H](CCC2CCCC2)C1)C(F)(F)F. The molecule has 1 aromatic carbocycles. The smallest absolute Gasteiger partial charge is 0.361 e. The molecule has 7 nitrogen and oxygen atoms in total. The Bertz CT molecular complexity index is 1290. The Morgan fingerprint density at radius 2 is 1.78 bits per heavy atom. The van der Waals surface area contributed by atoms with Crippen LogP contribution >= 0.6 is 0 Å². The van der Waals surface area contributed by atoms with Gasteiger partial charge in [-0.25, -0.2) is 13.4 Å². The fourth-order valence-electron chi connectivity index (χ4n) is 5.66. The summed E-state index contributed by atoms with van der Waals surface area (Å²) < 4.78 is 67.8. The van der Waals surface area contributed by atoms with Crippen LogP contribution in [0.5, 0.6) is 0 Å². The first-order valence-corrected chi connectivity index (χ1v) is 14.0. The molecule has 0 amide bonds. The quantitative estimate of drug-likeness (QED) is 0.435. The summed E-state index contributed by atoms with van der Waals surface area (Å²) in [7, 11) is -5.55. The minimum absolute atomic E-state index is 0.243. The number of benzene rings is 1. The highest BCUT2D eigenvalue weighted by molar-refractivity contribution is 7.89. The highest BCUT2D eigenvalue weighted by Crippen LogP contribution is 2.40. The van der Waals surface area contributed by atoms with Gasteiger partial charge in [-0.05, 0) is 53.6 Å². The van der Waals surface area contributed by atoms with E-state index in [-0.39, 0.29) is 13.1 Å². The summed E-state index contributed by atoms with van der Waals surface area (Å²) in [6, 6.07) is 8.69. The van der Waals surface area contributed by atoms with E-state index in [1.165, 1.54) is 12.8 Å². The highest BCUT2D eigenvalue weighted by atomic mass is 32.2.